The smallest absolute Gasteiger partial charge is 0.232 e. The summed E-state index contributed by atoms with van der Waals surface area (Å²) in [5.74, 6) is 1.48. The number of methoxy groups -OCH3 is 1. The molecule has 0 aromatic carbocycles. The minimum Gasteiger partial charge on any atom is -0.383 e. The Balaban J connectivity index is 1.79. The van der Waals surface area contributed by atoms with Crippen LogP contribution in [0, 0.1) is 5.92 Å². The number of nitrogens with zero attached hydrogens (tertiary/aromatic N) is 2. The third kappa shape index (κ3) is 6.61. The summed E-state index contributed by atoms with van der Waals surface area (Å²) in [5.41, 5.74) is 0. The number of amides is 1. The van der Waals surface area contributed by atoms with Crippen LogP contribution in [0.3, 0.4) is 0 Å². The molecule has 2 aliphatic rings. The van der Waals surface area contributed by atoms with E-state index in [0.717, 1.165) is 58.8 Å². The third-order valence-electron chi connectivity index (χ3n) is 4.87. The highest BCUT2D eigenvalue weighted by molar-refractivity contribution is 7.99. The molecule has 0 aromatic rings. The molecule has 134 valence electrons. The van der Waals surface area contributed by atoms with Crippen LogP contribution in [0.2, 0.25) is 0 Å². The molecule has 0 saturated carbocycles. The normalized spacial score (nSPS) is 23.3. The number of thioether (sulfide) groups is 1. The Kier molecular flexibility index (Phi) is 8.72. The number of piperidine rings is 1. The predicted octanol–water partition coefficient (Wildman–Crippen LogP) is 1.72. The summed E-state index contributed by atoms with van der Waals surface area (Å²) < 4.78 is 10.9. The maximum atomic E-state index is 12.4. The molecule has 2 saturated heterocycles. The van der Waals surface area contributed by atoms with Crippen LogP contribution in [-0.2, 0) is 14.3 Å². The van der Waals surface area contributed by atoms with E-state index in [1.165, 1.54) is 12.8 Å². The van der Waals surface area contributed by atoms with Gasteiger partial charge < -0.3 is 19.3 Å². The number of carbonyl (C=O) groups excluding carboxylic acids is 1. The number of rotatable bonds is 9. The fourth-order valence-corrected chi connectivity index (χ4v) is 3.88. The van der Waals surface area contributed by atoms with Crippen molar-refractivity contribution >= 4 is 17.7 Å². The number of hydrogen-bond donors (Lipinski definition) is 0. The third-order valence-corrected chi connectivity index (χ3v) is 5.40. The first kappa shape index (κ1) is 19.0. The zero-order chi connectivity index (χ0) is 16.5. The standard InChI is InChI=1S/C17H32N2O3S/c1-21-11-9-18-7-5-15(6-8-18)12-19(17(20)14-23-2)13-16-4-3-10-22-16/h15-16H,3-14H2,1-2H3. The van der Waals surface area contributed by atoms with Gasteiger partial charge in [0, 0.05) is 33.4 Å². The van der Waals surface area contributed by atoms with E-state index in [1.807, 2.05) is 6.26 Å². The summed E-state index contributed by atoms with van der Waals surface area (Å²) in [6.07, 6.45) is 6.83. The van der Waals surface area contributed by atoms with Crippen LogP contribution in [0.1, 0.15) is 25.7 Å². The first-order valence-corrected chi connectivity index (χ1v) is 10.2. The summed E-state index contributed by atoms with van der Waals surface area (Å²) >= 11 is 1.61. The maximum Gasteiger partial charge on any atom is 0.232 e. The SMILES string of the molecule is COCCN1CCC(CN(CC2CCCO2)C(=O)CSC)CC1. The van der Waals surface area contributed by atoms with Crippen molar-refractivity contribution in [2.45, 2.75) is 31.8 Å². The quantitative estimate of drug-likeness (QED) is 0.637. The van der Waals surface area contributed by atoms with Gasteiger partial charge in [-0.25, -0.2) is 0 Å². The largest absolute Gasteiger partial charge is 0.383 e. The molecule has 0 radical (unpaired) electrons. The van der Waals surface area contributed by atoms with Gasteiger partial charge in [0.25, 0.3) is 0 Å². The average molecular weight is 345 g/mol. The molecular formula is C17H32N2O3S. The van der Waals surface area contributed by atoms with Gasteiger partial charge in [-0.3, -0.25) is 4.79 Å². The molecule has 2 heterocycles. The summed E-state index contributed by atoms with van der Waals surface area (Å²) in [4.78, 5) is 17.0. The van der Waals surface area contributed by atoms with Gasteiger partial charge in [0.15, 0.2) is 0 Å². The lowest BCUT2D eigenvalue weighted by atomic mass is 9.96. The highest BCUT2D eigenvalue weighted by Crippen LogP contribution is 2.21. The second kappa shape index (κ2) is 10.5. The minimum atomic E-state index is 0.252. The van der Waals surface area contributed by atoms with Crippen LogP contribution < -0.4 is 0 Å². The summed E-state index contributed by atoms with van der Waals surface area (Å²) in [7, 11) is 1.76. The zero-order valence-electron chi connectivity index (χ0n) is 14.7. The van der Waals surface area contributed by atoms with Gasteiger partial charge in [0.2, 0.25) is 5.91 Å². The summed E-state index contributed by atoms with van der Waals surface area (Å²) in [6, 6.07) is 0. The highest BCUT2D eigenvalue weighted by Gasteiger charge is 2.26. The van der Waals surface area contributed by atoms with E-state index in [2.05, 4.69) is 9.80 Å². The van der Waals surface area contributed by atoms with E-state index in [1.54, 1.807) is 18.9 Å². The van der Waals surface area contributed by atoms with Gasteiger partial charge in [-0.1, -0.05) is 0 Å². The highest BCUT2D eigenvalue weighted by atomic mass is 32.2. The summed E-state index contributed by atoms with van der Waals surface area (Å²) in [6.45, 7) is 6.61. The summed E-state index contributed by atoms with van der Waals surface area (Å²) in [5, 5.41) is 0. The number of ether oxygens (including phenoxy) is 2. The van der Waals surface area contributed by atoms with E-state index in [9.17, 15) is 4.79 Å². The van der Waals surface area contributed by atoms with Gasteiger partial charge in [-0.05, 0) is 50.9 Å². The molecule has 2 rings (SSSR count). The van der Waals surface area contributed by atoms with Gasteiger partial charge in [-0.15, -0.1) is 0 Å². The lowest BCUT2D eigenvalue weighted by Gasteiger charge is -2.35. The van der Waals surface area contributed by atoms with E-state index >= 15 is 0 Å². The molecule has 2 aliphatic heterocycles. The van der Waals surface area contributed by atoms with Crippen molar-refractivity contribution in [3.63, 3.8) is 0 Å². The second-order valence-electron chi connectivity index (χ2n) is 6.64. The molecule has 0 aliphatic carbocycles. The predicted molar refractivity (Wildman–Crippen MR) is 95.0 cm³/mol. The minimum absolute atomic E-state index is 0.252. The first-order chi connectivity index (χ1) is 11.2. The molecule has 2 fully saturated rings. The molecule has 5 nitrogen and oxygen atoms in total. The monoisotopic (exact) mass is 344 g/mol. The molecule has 0 aromatic heterocycles. The van der Waals surface area contributed by atoms with E-state index in [4.69, 9.17) is 9.47 Å². The molecule has 6 heteroatoms. The lowest BCUT2D eigenvalue weighted by Crippen LogP contribution is -2.44. The van der Waals surface area contributed by atoms with Gasteiger partial charge in [-0.2, -0.15) is 11.8 Å². The van der Waals surface area contributed by atoms with Gasteiger partial charge in [0.1, 0.15) is 0 Å². The van der Waals surface area contributed by atoms with Crippen LogP contribution in [-0.4, -0.2) is 86.9 Å². The van der Waals surface area contributed by atoms with E-state index < -0.39 is 0 Å². The molecule has 0 N–H and O–H groups in total. The first-order valence-electron chi connectivity index (χ1n) is 8.82. The Hall–Kier alpha value is -0.300. The number of hydrogen-bond acceptors (Lipinski definition) is 5. The van der Waals surface area contributed by atoms with Crippen molar-refractivity contribution < 1.29 is 14.3 Å². The van der Waals surface area contributed by atoms with Gasteiger partial charge in [0.05, 0.1) is 18.5 Å². The fourth-order valence-electron chi connectivity index (χ4n) is 3.45. The maximum absolute atomic E-state index is 12.4. The van der Waals surface area contributed by atoms with Crippen molar-refractivity contribution in [2.75, 3.05) is 65.1 Å². The van der Waals surface area contributed by atoms with Crippen LogP contribution in [0.4, 0.5) is 0 Å². The van der Waals surface area contributed by atoms with Crippen LogP contribution in [0.5, 0.6) is 0 Å². The Morgan fingerprint density at radius 2 is 2.09 bits per heavy atom. The van der Waals surface area contributed by atoms with Crippen LogP contribution in [0.25, 0.3) is 0 Å². The van der Waals surface area contributed by atoms with Crippen LogP contribution in [0.15, 0.2) is 0 Å². The van der Waals surface area contributed by atoms with Crippen molar-refractivity contribution in [3.8, 4) is 0 Å². The van der Waals surface area contributed by atoms with Crippen molar-refractivity contribution in [1.29, 1.82) is 0 Å². The van der Waals surface area contributed by atoms with E-state index in [-0.39, 0.29) is 12.0 Å². The molecule has 1 amide bonds. The second-order valence-corrected chi connectivity index (χ2v) is 7.51. The van der Waals surface area contributed by atoms with E-state index in [0.29, 0.717) is 11.7 Å². The Morgan fingerprint density at radius 3 is 2.70 bits per heavy atom. The lowest BCUT2D eigenvalue weighted by molar-refractivity contribution is -0.130. The zero-order valence-corrected chi connectivity index (χ0v) is 15.5. The van der Waals surface area contributed by atoms with Gasteiger partial charge >= 0.3 is 0 Å². The Labute approximate surface area is 145 Å². The van der Waals surface area contributed by atoms with Crippen LogP contribution >= 0.6 is 11.8 Å². The van der Waals surface area contributed by atoms with Crippen molar-refractivity contribution in [2.24, 2.45) is 5.92 Å². The van der Waals surface area contributed by atoms with Crippen molar-refractivity contribution in [3.05, 3.63) is 0 Å². The fraction of sp³-hybridized carbons (Fsp3) is 0.941. The molecule has 23 heavy (non-hydrogen) atoms. The topological polar surface area (TPSA) is 42.0 Å². The number of likely N-dealkylation sites (tertiary alicyclic amines) is 1. The molecular weight excluding hydrogens is 312 g/mol. The molecule has 1 unspecified atom stereocenters. The Bertz CT molecular complexity index is 343. The molecule has 1 atom stereocenters. The Morgan fingerprint density at radius 1 is 1.30 bits per heavy atom. The molecule has 0 spiro atoms. The molecule has 0 bridgehead atoms. The van der Waals surface area contributed by atoms with Crippen molar-refractivity contribution in [1.82, 2.24) is 9.80 Å². The number of carbonyl (C=O) groups is 1. The average Bonchev–Trinajstić information content (AvgIpc) is 3.07.